The summed E-state index contributed by atoms with van der Waals surface area (Å²) in [5.74, 6) is -1.92. The van der Waals surface area contributed by atoms with Crippen LogP contribution in [-0.4, -0.2) is 47.7 Å². The van der Waals surface area contributed by atoms with E-state index in [1.807, 2.05) is 12.1 Å². The number of fused-ring (bicyclic) bond motifs is 1. The zero-order valence-corrected chi connectivity index (χ0v) is 20.3. The second-order valence-corrected chi connectivity index (χ2v) is 8.32. The molecule has 3 N–H and O–H groups in total. The van der Waals surface area contributed by atoms with E-state index in [0.717, 1.165) is 4.90 Å². The van der Waals surface area contributed by atoms with Crippen molar-refractivity contribution in [1.82, 2.24) is 15.5 Å². The SMILES string of the molecule is CCOC(=O)C1=C(C)Nc2ccccc2N=C1NC(=O)CN1C(=O)NC(CC)(c2ccccc2)C1=O. The van der Waals surface area contributed by atoms with E-state index in [1.165, 1.54) is 0 Å². The number of rotatable bonds is 6. The molecule has 0 radical (unpaired) electrons. The Labute approximate surface area is 208 Å². The smallest absolute Gasteiger partial charge is 0.343 e. The first-order valence-electron chi connectivity index (χ1n) is 11.6. The Morgan fingerprint density at radius 3 is 2.44 bits per heavy atom. The standard InChI is InChI=1S/C26H27N5O5/c1-4-26(17-11-7-6-8-12-17)24(34)31(25(35)30-26)15-20(32)29-22-21(23(33)36-5-2)16(3)27-18-13-9-10-14-19(18)28-22/h6-14,27H,4-5,15H2,1-3H3,(H,30,35)(H,28,29,32). The number of hydrogen-bond donors (Lipinski definition) is 3. The van der Waals surface area contributed by atoms with Gasteiger partial charge in [0, 0.05) is 5.70 Å². The minimum atomic E-state index is -1.26. The molecular weight excluding hydrogens is 462 g/mol. The molecule has 1 atom stereocenters. The Kier molecular flexibility index (Phi) is 6.86. The third-order valence-corrected chi connectivity index (χ3v) is 6.08. The summed E-state index contributed by atoms with van der Waals surface area (Å²) in [6.45, 7) is 4.71. The number of urea groups is 1. The molecule has 2 aromatic rings. The van der Waals surface area contributed by atoms with Crippen molar-refractivity contribution in [3.05, 3.63) is 71.4 Å². The Bertz CT molecular complexity index is 1290. The van der Waals surface area contributed by atoms with Crippen molar-refractivity contribution in [2.75, 3.05) is 18.5 Å². The van der Waals surface area contributed by atoms with Crippen LogP contribution in [0.25, 0.3) is 0 Å². The fraction of sp³-hybridized carbons (Fsp3) is 0.269. The lowest BCUT2D eigenvalue weighted by Gasteiger charge is -2.25. The summed E-state index contributed by atoms with van der Waals surface area (Å²) < 4.78 is 5.18. The van der Waals surface area contributed by atoms with E-state index in [9.17, 15) is 19.2 Å². The topological polar surface area (TPSA) is 129 Å². The van der Waals surface area contributed by atoms with Crippen LogP contribution in [-0.2, 0) is 24.7 Å². The number of carbonyl (C=O) groups excluding carboxylic acids is 4. The second kappa shape index (κ2) is 10.0. The minimum absolute atomic E-state index is 0.0368. The summed E-state index contributed by atoms with van der Waals surface area (Å²) in [4.78, 5) is 57.3. The average molecular weight is 490 g/mol. The Morgan fingerprint density at radius 1 is 1.06 bits per heavy atom. The van der Waals surface area contributed by atoms with Crippen molar-refractivity contribution < 1.29 is 23.9 Å². The fourth-order valence-corrected chi connectivity index (χ4v) is 4.29. The zero-order chi connectivity index (χ0) is 25.9. The van der Waals surface area contributed by atoms with Gasteiger partial charge in [0.25, 0.3) is 5.91 Å². The predicted molar refractivity (Wildman–Crippen MR) is 133 cm³/mol. The lowest BCUT2D eigenvalue weighted by molar-refractivity contribution is -0.138. The van der Waals surface area contributed by atoms with Crippen molar-refractivity contribution in [2.45, 2.75) is 32.7 Å². The van der Waals surface area contributed by atoms with Gasteiger partial charge in [-0.05, 0) is 38.0 Å². The van der Waals surface area contributed by atoms with Crippen LogP contribution in [0.1, 0.15) is 32.8 Å². The molecule has 4 rings (SSSR count). The molecule has 1 fully saturated rings. The summed E-state index contributed by atoms with van der Waals surface area (Å²) in [6.07, 6.45) is 0.309. The zero-order valence-electron chi connectivity index (χ0n) is 20.3. The van der Waals surface area contributed by atoms with Crippen LogP contribution in [0.3, 0.4) is 0 Å². The molecule has 2 aromatic carbocycles. The summed E-state index contributed by atoms with van der Waals surface area (Å²) in [5, 5.41) is 8.48. The maximum absolute atomic E-state index is 13.4. The summed E-state index contributed by atoms with van der Waals surface area (Å²) in [6, 6.07) is 15.3. The number of allylic oxidation sites excluding steroid dienone is 1. The van der Waals surface area contributed by atoms with E-state index >= 15 is 0 Å². The number of carbonyl (C=O) groups is 4. The van der Waals surface area contributed by atoms with Gasteiger partial charge >= 0.3 is 12.0 Å². The Balaban J connectivity index is 1.61. The molecule has 2 aliphatic rings. The number of anilines is 1. The van der Waals surface area contributed by atoms with E-state index in [0.29, 0.717) is 29.1 Å². The van der Waals surface area contributed by atoms with Crippen LogP contribution in [0.4, 0.5) is 16.2 Å². The molecule has 36 heavy (non-hydrogen) atoms. The summed E-state index contributed by atoms with van der Waals surface area (Å²) >= 11 is 0. The van der Waals surface area contributed by atoms with E-state index < -0.39 is 35.9 Å². The van der Waals surface area contributed by atoms with Crippen molar-refractivity contribution in [2.24, 2.45) is 4.99 Å². The largest absolute Gasteiger partial charge is 0.462 e. The molecule has 0 aliphatic carbocycles. The first-order chi connectivity index (χ1) is 17.3. The first kappa shape index (κ1) is 24.6. The number of imide groups is 1. The molecular formula is C26H27N5O5. The number of para-hydroxylation sites is 2. The number of nitrogens with zero attached hydrogens (tertiary/aromatic N) is 2. The highest BCUT2D eigenvalue weighted by Gasteiger charge is 2.51. The number of benzene rings is 2. The molecule has 2 heterocycles. The number of hydrogen-bond acceptors (Lipinski definition) is 7. The van der Waals surface area contributed by atoms with Crippen LogP contribution in [0.5, 0.6) is 0 Å². The van der Waals surface area contributed by atoms with Gasteiger partial charge in [-0.2, -0.15) is 0 Å². The fourth-order valence-electron chi connectivity index (χ4n) is 4.29. The van der Waals surface area contributed by atoms with Gasteiger partial charge in [0.1, 0.15) is 23.5 Å². The van der Waals surface area contributed by atoms with Gasteiger partial charge in [0.2, 0.25) is 5.91 Å². The maximum Gasteiger partial charge on any atom is 0.343 e. The quantitative estimate of drug-likeness (QED) is 0.423. The van der Waals surface area contributed by atoms with E-state index in [4.69, 9.17) is 4.74 Å². The molecule has 4 amide bonds. The van der Waals surface area contributed by atoms with E-state index in [2.05, 4.69) is 20.9 Å². The Hall–Kier alpha value is -4.47. The molecule has 0 spiro atoms. The van der Waals surface area contributed by atoms with E-state index in [-0.39, 0.29) is 18.0 Å². The highest BCUT2D eigenvalue weighted by Crippen LogP contribution is 2.33. The van der Waals surface area contributed by atoms with Gasteiger partial charge in [-0.25, -0.2) is 14.6 Å². The molecule has 10 nitrogen and oxygen atoms in total. The minimum Gasteiger partial charge on any atom is -0.462 e. The van der Waals surface area contributed by atoms with Gasteiger partial charge in [-0.1, -0.05) is 49.4 Å². The van der Waals surface area contributed by atoms with Crippen LogP contribution < -0.4 is 16.0 Å². The number of aliphatic imine (C=N–C) groups is 1. The van der Waals surface area contributed by atoms with Crippen LogP contribution in [0, 0.1) is 0 Å². The molecule has 0 saturated carbocycles. The predicted octanol–water partition coefficient (Wildman–Crippen LogP) is 2.95. The van der Waals surface area contributed by atoms with Crippen LogP contribution in [0.2, 0.25) is 0 Å². The number of amidine groups is 1. The van der Waals surface area contributed by atoms with Crippen LogP contribution >= 0.6 is 0 Å². The van der Waals surface area contributed by atoms with E-state index in [1.54, 1.807) is 63.2 Å². The van der Waals surface area contributed by atoms with Gasteiger partial charge in [-0.3, -0.25) is 14.5 Å². The molecule has 1 unspecified atom stereocenters. The van der Waals surface area contributed by atoms with Crippen molar-refractivity contribution in [3.8, 4) is 0 Å². The van der Waals surface area contributed by atoms with Crippen molar-refractivity contribution in [3.63, 3.8) is 0 Å². The number of ether oxygens (including phenoxy) is 1. The van der Waals surface area contributed by atoms with Gasteiger partial charge in [-0.15, -0.1) is 0 Å². The maximum atomic E-state index is 13.4. The first-order valence-corrected chi connectivity index (χ1v) is 11.6. The monoisotopic (exact) mass is 489 g/mol. The number of amides is 4. The number of esters is 1. The molecule has 10 heteroatoms. The molecule has 2 aliphatic heterocycles. The van der Waals surface area contributed by atoms with Gasteiger partial charge in [0.05, 0.1) is 18.0 Å². The van der Waals surface area contributed by atoms with Crippen molar-refractivity contribution >= 4 is 41.0 Å². The second-order valence-electron chi connectivity index (χ2n) is 8.32. The normalized spacial score (nSPS) is 19.1. The third kappa shape index (κ3) is 4.45. The summed E-state index contributed by atoms with van der Waals surface area (Å²) in [5.41, 5.74) is 0.995. The average Bonchev–Trinajstić information content (AvgIpc) is 3.01. The van der Waals surface area contributed by atoms with Gasteiger partial charge in [0.15, 0.2) is 0 Å². The van der Waals surface area contributed by atoms with Crippen molar-refractivity contribution in [1.29, 1.82) is 0 Å². The lowest BCUT2D eigenvalue weighted by Crippen LogP contribution is -2.46. The highest BCUT2D eigenvalue weighted by molar-refractivity contribution is 6.25. The molecule has 0 bridgehead atoms. The van der Waals surface area contributed by atoms with Gasteiger partial charge < -0.3 is 20.7 Å². The van der Waals surface area contributed by atoms with Crippen LogP contribution in [0.15, 0.2) is 70.9 Å². The molecule has 0 aromatic heterocycles. The Morgan fingerprint density at radius 2 is 1.75 bits per heavy atom. The third-order valence-electron chi connectivity index (χ3n) is 6.08. The summed E-state index contributed by atoms with van der Waals surface area (Å²) in [7, 11) is 0. The lowest BCUT2D eigenvalue weighted by atomic mass is 9.87. The number of nitrogens with one attached hydrogen (secondary N) is 3. The molecule has 186 valence electrons. The molecule has 1 saturated heterocycles. The highest BCUT2D eigenvalue weighted by atomic mass is 16.5.